The molecule has 1 aromatic rings. The number of piperidine rings is 1. The van der Waals surface area contributed by atoms with Crippen molar-refractivity contribution in [3.05, 3.63) is 35.9 Å². The Balaban J connectivity index is 0.00000364. The molecule has 1 heterocycles. The molecule has 1 aromatic carbocycles. The number of aliphatic imine (C=N–C) groups is 1. The Morgan fingerprint density at radius 1 is 1.22 bits per heavy atom. The predicted octanol–water partition coefficient (Wildman–Crippen LogP) is 2.22. The second-order valence-electron chi connectivity index (χ2n) is 6.65. The summed E-state index contributed by atoms with van der Waals surface area (Å²) in [6.45, 7) is 8.81. The van der Waals surface area contributed by atoms with Gasteiger partial charge in [-0.25, -0.2) is 0 Å². The fourth-order valence-corrected chi connectivity index (χ4v) is 2.98. The van der Waals surface area contributed by atoms with Crippen molar-refractivity contribution in [1.82, 2.24) is 15.5 Å². The molecular formula is C20H35IN4O2. The van der Waals surface area contributed by atoms with E-state index in [0.29, 0.717) is 13.2 Å². The van der Waals surface area contributed by atoms with Gasteiger partial charge >= 0.3 is 0 Å². The molecule has 0 amide bonds. The van der Waals surface area contributed by atoms with Crippen molar-refractivity contribution in [3.63, 3.8) is 0 Å². The van der Waals surface area contributed by atoms with Gasteiger partial charge in [0.2, 0.25) is 0 Å². The van der Waals surface area contributed by atoms with Crippen LogP contribution in [0.1, 0.15) is 31.7 Å². The number of rotatable bonds is 10. The fourth-order valence-electron chi connectivity index (χ4n) is 2.98. The molecule has 154 valence electrons. The highest BCUT2D eigenvalue weighted by molar-refractivity contribution is 14.0. The van der Waals surface area contributed by atoms with Gasteiger partial charge < -0.3 is 25.4 Å². The maximum absolute atomic E-state index is 9.54. The number of nitrogens with one attached hydrogen (secondary N) is 2. The molecule has 0 saturated carbocycles. The smallest absolute Gasteiger partial charge is 0.191 e. The lowest BCUT2D eigenvalue weighted by atomic mass is 10.1. The highest BCUT2D eigenvalue weighted by Gasteiger charge is 2.15. The second kappa shape index (κ2) is 15.1. The van der Waals surface area contributed by atoms with Gasteiger partial charge in [0.05, 0.1) is 19.3 Å². The predicted molar refractivity (Wildman–Crippen MR) is 122 cm³/mol. The van der Waals surface area contributed by atoms with Gasteiger partial charge in [0.15, 0.2) is 5.96 Å². The van der Waals surface area contributed by atoms with E-state index in [0.717, 1.165) is 64.5 Å². The molecule has 0 radical (unpaired) electrons. The van der Waals surface area contributed by atoms with Crippen LogP contribution in [0.4, 0.5) is 0 Å². The van der Waals surface area contributed by atoms with E-state index in [1.54, 1.807) is 0 Å². The van der Waals surface area contributed by atoms with E-state index in [1.807, 2.05) is 18.2 Å². The van der Waals surface area contributed by atoms with Crippen LogP contribution in [-0.4, -0.2) is 67.9 Å². The van der Waals surface area contributed by atoms with Crippen LogP contribution in [0.25, 0.3) is 0 Å². The van der Waals surface area contributed by atoms with Crippen molar-refractivity contribution in [1.29, 1.82) is 0 Å². The zero-order valence-electron chi connectivity index (χ0n) is 16.4. The Bertz CT molecular complexity index is 508. The quantitative estimate of drug-likeness (QED) is 0.203. The maximum atomic E-state index is 9.54. The van der Waals surface area contributed by atoms with Crippen LogP contribution < -0.4 is 10.6 Å². The number of hydrogen-bond acceptors (Lipinski definition) is 4. The summed E-state index contributed by atoms with van der Waals surface area (Å²) in [4.78, 5) is 7.05. The first-order valence-corrected chi connectivity index (χ1v) is 9.82. The first kappa shape index (κ1) is 24.1. The first-order chi connectivity index (χ1) is 12.8. The molecule has 0 aromatic heterocycles. The first-order valence-electron chi connectivity index (χ1n) is 9.82. The van der Waals surface area contributed by atoms with E-state index in [-0.39, 0.29) is 30.1 Å². The van der Waals surface area contributed by atoms with E-state index in [4.69, 9.17) is 4.74 Å². The normalized spacial score (nSPS) is 16.0. The highest BCUT2D eigenvalue weighted by Crippen LogP contribution is 2.09. The average molecular weight is 490 g/mol. The molecule has 0 spiro atoms. The van der Waals surface area contributed by atoms with Gasteiger partial charge in [0, 0.05) is 32.7 Å². The van der Waals surface area contributed by atoms with Gasteiger partial charge in [-0.1, -0.05) is 30.3 Å². The Kier molecular flexibility index (Phi) is 13.5. The van der Waals surface area contributed by atoms with E-state index in [9.17, 15) is 5.11 Å². The number of benzene rings is 1. The van der Waals surface area contributed by atoms with Crippen molar-refractivity contribution >= 4 is 29.9 Å². The molecule has 0 atom stereocenters. The number of likely N-dealkylation sites (tertiary alicyclic amines) is 1. The number of halogens is 1. The number of nitrogens with zero attached hydrogens (tertiary/aromatic N) is 2. The summed E-state index contributed by atoms with van der Waals surface area (Å²) in [6.07, 6.45) is 2.74. The molecule has 7 heteroatoms. The molecule has 1 aliphatic rings. The number of aliphatic hydroxyl groups is 1. The third-order valence-electron chi connectivity index (χ3n) is 4.45. The number of aliphatic hydroxyl groups excluding tert-OH is 1. The lowest BCUT2D eigenvalue weighted by Gasteiger charge is -2.29. The van der Waals surface area contributed by atoms with Crippen LogP contribution in [0.15, 0.2) is 35.3 Å². The molecule has 0 bridgehead atoms. The summed E-state index contributed by atoms with van der Waals surface area (Å²) >= 11 is 0. The van der Waals surface area contributed by atoms with Gasteiger partial charge in [-0.2, -0.15) is 0 Å². The molecule has 1 fully saturated rings. The van der Waals surface area contributed by atoms with Crippen LogP contribution in [-0.2, 0) is 11.3 Å². The van der Waals surface area contributed by atoms with Gasteiger partial charge in [0.1, 0.15) is 0 Å². The summed E-state index contributed by atoms with van der Waals surface area (Å²) in [5.41, 5.74) is 1.19. The molecule has 1 aliphatic heterocycles. The Morgan fingerprint density at radius 2 is 1.96 bits per heavy atom. The molecule has 0 unspecified atom stereocenters. The third-order valence-corrected chi connectivity index (χ3v) is 4.45. The molecule has 27 heavy (non-hydrogen) atoms. The van der Waals surface area contributed by atoms with Gasteiger partial charge in [-0.15, -0.1) is 24.0 Å². The van der Waals surface area contributed by atoms with Crippen LogP contribution in [0.5, 0.6) is 0 Å². The summed E-state index contributed by atoms with van der Waals surface area (Å²) in [7, 11) is 0. The molecule has 6 nitrogen and oxygen atoms in total. The van der Waals surface area contributed by atoms with E-state index >= 15 is 0 Å². The Morgan fingerprint density at radius 3 is 2.67 bits per heavy atom. The van der Waals surface area contributed by atoms with Crippen LogP contribution in [0.2, 0.25) is 0 Å². The Hall–Kier alpha value is -0.900. The molecule has 0 aliphatic carbocycles. The minimum Gasteiger partial charge on any atom is -0.393 e. The van der Waals surface area contributed by atoms with Crippen LogP contribution >= 0.6 is 24.0 Å². The lowest BCUT2D eigenvalue weighted by Crippen LogP contribution is -2.39. The van der Waals surface area contributed by atoms with E-state index < -0.39 is 0 Å². The van der Waals surface area contributed by atoms with Crippen molar-refractivity contribution in [2.24, 2.45) is 4.99 Å². The zero-order valence-corrected chi connectivity index (χ0v) is 18.7. The number of guanidine groups is 1. The standard InChI is InChI=1S/C20H34N4O2.HI/c1-2-21-20(22-11-6-13-24-14-9-19(25)10-15-24)23-12-16-26-17-18-7-4-3-5-8-18;/h3-5,7-8,19,25H,2,6,9-17H2,1H3,(H2,21,22,23);1H. The Labute approximate surface area is 180 Å². The third kappa shape index (κ3) is 10.9. The van der Waals surface area contributed by atoms with E-state index in [1.165, 1.54) is 5.56 Å². The fraction of sp³-hybridized carbons (Fsp3) is 0.650. The lowest BCUT2D eigenvalue weighted by molar-refractivity contribution is 0.0824. The van der Waals surface area contributed by atoms with Crippen LogP contribution in [0.3, 0.4) is 0 Å². The minimum absolute atomic E-state index is 0. The van der Waals surface area contributed by atoms with Gasteiger partial charge in [-0.05, 0) is 38.3 Å². The molecule has 2 rings (SSSR count). The largest absolute Gasteiger partial charge is 0.393 e. The van der Waals surface area contributed by atoms with Crippen molar-refractivity contribution < 1.29 is 9.84 Å². The highest BCUT2D eigenvalue weighted by atomic mass is 127. The molecule has 3 N–H and O–H groups in total. The minimum atomic E-state index is -0.0991. The summed E-state index contributed by atoms with van der Waals surface area (Å²) < 4.78 is 5.69. The maximum Gasteiger partial charge on any atom is 0.191 e. The van der Waals surface area contributed by atoms with Gasteiger partial charge in [0.25, 0.3) is 0 Å². The average Bonchev–Trinajstić information content (AvgIpc) is 2.67. The van der Waals surface area contributed by atoms with Crippen molar-refractivity contribution in [3.8, 4) is 0 Å². The molecular weight excluding hydrogens is 455 g/mol. The SMILES string of the molecule is CCNC(=NCCCN1CCC(O)CC1)NCCOCc1ccccc1.I. The van der Waals surface area contributed by atoms with E-state index in [2.05, 4.69) is 39.6 Å². The van der Waals surface area contributed by atoms with Crippen molar-refractivity contribution in [2.45, 2.75) is 38.9 Å². The number of hydrogen-bond donors (Lipinski definition) is 3. The number of ether oxygens (including phenoxy) is 1. The van der Waals surface area contributed by atoms with Crippen LogP contribution in [0, 0.1) is 0 Å². The second-order valence-corrected chi connectivity index (χ2v) is 6.65. The monoisotopic (exact) mass is 490 g/mol. The summed E-state index contributed by atoms with van der Waals surface area (Å²) in [5, 5.41) is 16.1. The summed E-state index contributed by atoms with van der Waals surface area (Å²) in [5.74, 6) is 0.852. The topological polar surface area (TPSA) is 69.1 Å². The zero-order chi connectivity index (χ0) is 18.5. The van der Waals surface area contributed by atoms with Gasteiger partial charge in [-0.3, -0.25) is 4.99 Å². The molecule has 1 saturated heterocycles. The summed E-state index contributed by atoms with van der Waals surface area (Å²) in [6, 6.07) is 10.2. The van der Waals surface area contributed by atoms with Crippen molar-refractivity contribution in [2.75, 3.05) is 45.9 Å².